The van der Waals surface area contributed by atoms with Crippen LogP contribution in [-0.2, 0) is 6.18 Å². The fourth-order valence-electron chi connectivity index (χ4n) is 1.87. The van der Waals surface area contributed by atoms with Gasteiger partial charge in [-0.25, -0.2) is 9.98 Å². The molecule has 25 heavy (non-hydrogen) atoms. The molecule has 1 aromatic carbocycles. The minimum atomic E-state index is -4.55. The second-order valence-electron chi connectivity index (χ2n) is 5.37. The van der Waals surface area contributed by atoms with Crippen molar-refractivity contribution in [3.05, 3.63) is 46.6 Å². The lowest BCUT2D eigenvalue weighted by atomic mass is 10.2. The molecule has 2 aromatic rings. The Hall–Kier alpha value is -2.28. The van der Waals surface area contributed by atoms with E-state index in [9.17, 15) is 13.2 Å². The van der Waals surface area contributed by atoms with Gasteiger partial charge in [-0.15, -0.1) is 0 Å². The lowest BCUT2D eigenvalue weighted by Crippen LogP contribution is -2.14. The van der Waals surface area contributed by atoms with E-state index in [1.165, 1.54) is 12.3 Å². The zero-order valence-electron chi connectivity index (χ0n) is 13.9. The summed E-state index contributed by atoms with van der Waals surface area (Å²) < 4.78 is 44.2. The Morgan fingerprint density at radius 1 is 1.32 bits per heavy atom. The monoisotopic (exact) mass is 371 g/mol. The first-order valence-corrected chi connectivity index (χ1v) is 7.84. The summed E-state index contributed by atoms with van der Waals surface area (Å²) in [5.41, 5.74) is 0.322. The maximum absolute atomic E-state index is 12.9. The van der Waals surface area contributed by atoms with E-state index in [1.807, 2.05) is 18.9 Å². The molecule has 0 saturated carbocycles. The number of nitrogens with zero attached hydrogens (tertiary/aromatic N) is 3. The molecule has 4 nitrogen and oxygen atoms in total. The van der Waals surface area contributed by atoms with E-state index in [0.717, 1.165) is 18.7 Å². The Morgan fingerprint density at radius 2 is 2.04 bits per heavy atom. The molecule has 0 aliphatic heterocycles. The molecule has 1 heterocycles. The Bertz CT molecular complexity index is 778. The second-order valence-corrected chi connectivity index (χ2v) is 5.78. The van der Waals surface area contributed by atoms with Crippen LogP contribution in [-0.4, -0.2) is 29.8 Å². The Kier molecular flexibility index (Phi) is 5.89. The number of benzene rings is 1. The van der Waals surface area contributed by atoms with Gasteiger partial charge in [-0.1, -0.05) is 11.6 Å². The molecule has 0 amide bonds. The van der Waals surface area contributed by atoms with Crippen LogP contribution < -0.4 is 4.74 Å². The largest absolute Gasteiger partial charge is 0.439 e. The van der Waals surface area contributed by atoms with Crippen molar-refractivity contribution >= 4 is 23.6 Å². The van der Waals surface area contributed by atoms with E-state index < -0.39 is 11.7 Å². The zero-order chi connectivity index (χ0) is 18.6. The van der Waals surface area contributed by atoms with Crippen LogP contribution in [0.5, 0.6) is 11.6 Å². The number of hydrogen-bond donors (Lipinski definition) is 0. The molecule has 0 atom stereocenters. The molecular weight excluding hydrogens is 355 g/mol. The SMILES string of the molecule is CCN(C)/C=N/c1cnc(Oc2ccc(Cl)c(C(F)(F)F)c2)c(C)c1. The third kappa shape index (κ3) is 5.09. The van der Waals surface area contributed by atoms with Crippen LogP contribution in [0.2, 0.25) is 5.02 Å². The van der Waals surface area contributed by atoms with E-state index >= 15 is 0 Å². The summed E-state index contributed by atoms with van der Waals surface area (Å²) in [6.45, 7) is 4.55. The number of aliphatic imine (C=N–C) groups is 1. The molecule has 2 rings (SSSR count). The fourth-order valence-corrected chi connectivity index (χ4v) is 2.09. The van der Waals surface area contributed by atoms with Crippen LogP contribution in [0.15, 0.2) is 35.5 Å². The highest BCUT2D eigenvalue weighted by Crippen LogP contribution is 2.37. The molecule has 0 spiro atoms. The predicted molar refractivity (Wildman–Crippen MR) is 92.0 cm³/mol. The van der Waals surface area contributed by atoms with Gasteiger partial charge in [-0.2, -0.15) is 13.2 Å². The number of alkyl halides is 3. The molecule has 0 N–H and O–H groups in total. The number of aromatic nitrogens is 1. The first-order chi connectivity index (χ1) is 11.7. The number of ether oxygens (including phenoxy) is 1. The van der Waals surface area contributed by atoms with Gasteiger partial charge < -0.3 is 9.64 Å². The maximum atomic E-state index is 12.9. The summed E-state index contributed by atoms with van der Waals surface area (Å²) in [6, 6.07) is 5.10. The minimum absolute atomic E-state index is 0.00860. The summed E-state index contributed by atoms with van der Waals surface area (Å²) >= 11 is 5.60. The maximum Gasteiger partial charge on any atom is 0.417 e. The molecule has 134 valence electrons. The lowest BCUT2D eigenvalue weighted by molar-refractivity contribution is -0.137. The van der Waals surface area contributed by atoms with E-state index in [1.54, 1.807) is 19.3 Å². The van der Waals surface area contributed by atoms with Gasteiger partial charge in [0.1, 0.15) is 5.75 Å². The molecule has 0 radical (unpaired) electrons. The molecule has 0 fully saturated rings. The molecular formula is C17H17ClF3N3O. The van der Waals surface area contributed by atoms with Crippen LogP contribution in [0, 0.1) is 6.92 Å². The van der Waals surface area contributed by atoms with Crippen molar-refractivity contribution in [3.63, 3.8) is 0 Å². The average Bonchev–Trinajstić information content (AvgIpc) is 2.55. The van der Waals surface area contributed by atoms with Crippen molar-refractivity contribution in [1.29, 1.82) is 0 Å². The number of pyridine rings is 1. The zero-order valence-corrected chi connectivity index (χ0v) is 14.7. The quantitative estimate of drug-likeness (QED) is 0.517. The Morgan fingerprint density at radius 3 is 2.64 bits per heavy atom. The Labute approximate surface area is 148 Å². The van der Waals surface area contributed by atoms with Crippen LogP contribution in [0.4, 0.5) is 18.9 Å². The van der Waals surface area contributed by atoms with Crippen LogP contribution in [0.3, 0.4) is 0 Å². The molecule has 0 saturated heterocycles. The second kappa shape index (κ2) is 7.74. The fraction of sp³-hybridized carbons (Fsp3) is 0.294. The predicted octanol–water partition coefficient (Wildman–Crippen LogP) is 5.47. The van der Waals surface area contributed by atoms with Crippen LogP contribution in [0.25, 0.3) is 0 Å². The standard InChI is InChI=1S/C17H17ClF3N3O/c1-4-24(3)10-23-12-7-11(2)16(22-9-12)25-13-5-6-15(18)14(8-13)17(19,20)21/h5-10H,4H2,1-3H3/b23-10+. The number of halogens is 4. The van der Waals surface area contributed by atoms with Gasteiger partial charge in [-0.3, -0.25) is 0 Å². The molecule has 0 aliphatic rings. The summed E-state index contributed by atoms with van der Waals surface area (Å²) in [5.74, 6) is 0.215. The van der Waals surface area contributed by atoms with Gasteiger partial charge >= 0.3 is 6.18 Å². The van der Waals surface area contributed by atoms with Crippen LogP contribution in [0.1, 0.15) is 18.1 Å². The van der Waals surface area contributed by atoms with Gasteiger partial charge in [-0.05, 0) is 38.1 Å². The highest BCUT2D eigenvalue weighted by molar-refractivity contribution is 6.31. The minimum Gasteiger partial charge on any atom is -0.439 e. The lowest BCUT2D eigenvalue weighted by Gasteiger charge is -2.12. The van der Waals surface area contributed by atoms with Crippen molar-refractivity contribution < 1.29 is 17.9 Å². The summed E-state index contributed by atoms with van der Waals surface area (Å²) in [4.78, 5) is 10.3. The van der Waals surface area contributed by atoms with Crippen molar-refractivity contribution in [1.82, 2.24) is 9.88 Å². The molecule has 1 aromatic heterocycles. The molecule has 0 aliphatic carbocycles. The third-order valence-electron chi connectivity index (χ3n) is 3.38. The third-order valence-corrected chi connectivity index (χ3v) is 3.71. The van der Waals surface area contributed by atoms with Gasteiger partial charge in [0.2, 0.25) is 5.88 Å². The van der Waals surface area contributed by atoms with E-state index in [2.05, 4.69) is 9.98 Å². The van der Waals surface area contributed by atoms with Crippen molar-refractivity contribution in [2.45, 2.75) is 20.0 Å². The number of rotatable bonds is 5. The first-order valence-electron chi connectivity index (χ1n) is 7.46. The van der Waals surface area contributed by atoms with E-state index in [0.29, 0.717) is 11.3 Å². The van der Waals surface area contributed by atoms with Crippen molar-refractivity contribution in [2.75, 3.05) is 13.6 Å². The summed E-state index contributed by atoms with van der Waals surface area (Å²) in [5, 5.41) is -0.380. The first kappa shape index (κ1) is 19.1. The number of hydrogen-bond acceptors (Lipinski definition) is 3. The normalized spacial score (nSPS) is 11.8. The van der Waals surface area contributed by atoms with Gasteiger partial charge in [0, 0.05) is 19.2 Å². The topological polar surface area (TPSA) is 37.7 Å². The smallest absolute Gasteiger partial charge is 0.417 e. The highest BCUT2D eigenvalue weighted by Gasteiger charge is 2.33. The Balaban J connectivity index is 2.22. The van der Waals surface area contributed by atoms with Gasteiger partial charge in [0.15, 0.2) is 0 Å². The van der Waals surface area contributed by atoms with Crippen LogP contribution >= 0.6 is 11.6 Å². The highest BCUT2D eigenvalue weighted by atomic mass is 35.5. The molecule has 0 unspecified atom stereocenters. The average molecular weight is 372 g/mol. The summed E-state index contributed by atoms with van der Waals surface area (Å²) in [6.07, 6.45) is -1.39. The van der Waals surface area contributed by atoms with E-state index in [-0.39, 0.29) is 16.7 Å². The van der Waals surface area contributed by atoms with Gasteiger partial charge in [0.05, 0.1) is 28.8 Å². The van der Waals surface area contributed by atoms with Crippen molar-refractivity contribution in [2.24, 2.45) is 4.99 Å². The van der Waals surface area contributed by atoms with Crippen molar-refractivity contribution in [3.8, 4) is 11.6 Å². The molecule has 0 bridgehead atoms. The summed E-state index contributed by atoms with van der Waals surface area (Å²) in [7, 11) is 1.89. The van der Waals surface area contributed by atoms with Gasteiger partial charge in [0.25, 0.3) is 0 Å². The number of aryl methyl sites for hydroxylation is 1. The molecule has 8 heteroatoms. The van der Waals surface area contributed by atoms with E-state index in [4.69, 9.17) is 16.3 Å².